The minimum Gasteiger partial charge on any atom is -0.385 e. The zero-order valence-electron chi connectivity index (χ0n) is 11.0. The van der Waals surface area contributed by atoms with Crippen molar-refractivity contribution in [2.75, 3.05) is 26.8 Å². The summed E-state index contributed by atoms with van der Waals surface area (Å²) in [5.74, 6) is 0.271. The molecular weight excluding hydrogens is 216 g/mol. The first-order chi connectivity index (χ1) is 8.21. The number of hydrogen-bond acceptors (Lipinski definition) is 3. The van der Waals surface area contributed by atoms with Crippen molar-refractivity contribution >= 4 is 5.91 Å². The van der Waals surface area contributed by atoms with E-state index in [9.17, 15) is 4.79 Å². The molecular formula is C13H24N2O2. The van der Waals surface area contributed by atoms with E-state index < -0.39 is 0 Å². The molecule has 2 fully saturated rings. The molecule has 1 saturated carbocycles. The highest BCUT2D eigenvalue weighted by Crippen LogP contribution is 2.49. The van der Waals surface area contributed by atoms with Crippen molar-refractivity contribution in [1.82, 2.24) is 10.2 Å². The molecule has 1 unspecified atom stereocenters. The summed E-state index contributed by atoms with van der Waals surface area (Å²) in [6.07, 6.45) is 6.04. The van der Waals surface area contributed by atoms with E-state index in [2.05, 4.69) is 17.1 Å². The van der Waals surface area contributed by atoms with Gasteiger partial charge in [-0.2, -0.15) is 0 Å². The third-order valence-corrected chi connectivity index (χ3v) is 4.05. The average Bonchev–Trinajstić information content (AvgIpc) is 3.02. The van der Waals surface area contributed by atoms with Gasteiger partial charge in [0.05, 0.1) is 12.7 Å². The number of ether oxygens (including phenoxy) is 1. The zero-order valence-corrected chi connectivity index (χ0v) is 11.0. The summed E-state index contributed by atoms with van der Waals surface area (Å²) in [6.45, 7) is 4.42. The van der Waals surface area contributed by atoms with Crippen LogP contribution < -0.4 is 5.32 Å². The summed E-state index contributed by atoms with van der Waals surface area (Å²) in [4.78, 5) is 13.9. The molecule has 17 heavy (non-hydrogen) atoms. The van der Waals surface area contributed by atoms with E-state index in [4.69, 9.17) is 4.74 Å². The van der Waals surface area contributed by atoms with Gasteiger partial charge in [-0.05, 0) is 31.1 Å². The minimum absolute atomic E-state index is 0.271. The number of carbonyl (C=O) groups excluding carboxylic acids is 1. The zero-order chi connectivity index (χ0) is 12.3. The Labute approximate surface area is 104 Å². The number of methoxy groups -OCH3 is 1. The maximum Gasteiger partial charge on any atom is 0.237 e. The highest BCUT2D eigenvalue weighted by Gasteiger charge is 2.46. The van der Waals surface area contributed by atoms with Gasteiger partial charge in [-0.15, -0.1) is 0 Å². The van der Waals surface area contributed by atoms with Crippen LogP contribution in [-0.4, -0.2) is 43.8 Å². The molecule has 98 valence electrons. The summed E-state index contributed by atoms with van der Waals surface area (Å²) >= 11 is 0. The van der Waals surface area contributed by atoms with Crippen LogP contribution in [0.2, 0.25) is 0 Å². The molecule has 0 aromatic rings. The smallest absolute Gasteiger partial charge is 0.237 e. The third kappa shape index (κ3) is 2.99. The van der Waals surface area contributed by atoms with Crippen LogP contribution in [0.15, 0.2) is 0 Å². The monoisotopic (exact) mass is 240 g/mol. The molecule has 1 amide bonds. The summed E-state index contributed by atoms with van der Waals surface area (Å²) in [5.41, 5.74) is 0.365. The first-order valence-corrected chi connectivity index (χ1v) is 6.72. The SMILES string of the molecule is CCCC1NCC(=O)N1CC1(CCOC)CC1. The van der Waals surface area contributed by atoms with Gasteiger partial charge >= 0.3 is 0 Å². The van der Waals surface area contributed by atoms with Crippen LogP contribution in [0.3, 0.4) is 0 Å². The fourth-order valence-electron chi connectivity index (χ4n) is 2.66. The lowest BCUT2D eigenvalue weighted by Crippen LogP contribution is -2.41. The van der Waals surface area contributed by atoms with E-state index in [-0.39, 0.29) is 12.1 Å². The highest BCUT2D eigenvalue weighted by atomic mass is 16.5. The Morgan fingerprint density at radius 2 is 2.29 bits per heavy atom. The van der Waals surface area contributed by atoms with Crippen LogP contribution in [0.1, 0.15) is 39.0 Å². The molecule has 1 heterocycles. The highest BCUT2D eigenvalue weighted by molar-refractivity contribution is 5.80. The van der Waals surface area contributed by atoms with Crippen LogP contribution in [0.4, 0.5) is 0 Å². The van der Waals surface area contributed by atoms with Crippen molar-refractivity contribution in [3.63, 3.8) is 0 Å². The molecule has 0 bridgehead atoms. The molecule has 0 radical (unpaired) electrons. The third-order valence-electron chi connectivity index (χ3n) is 4.05. The normalized spacial score (nSPS) is 26.6. The van der Waals surface area contributed by atoms with Crippen LogP contribution in [0.25, 0.3) is 0 Å². The van der Waals surface area contributed by atoms with Crippen molar-refractivity contribution in [3.8, 4) is 0 Å². The van der Waals surface area contributed by atoms with Gasteiger partial charge in [0.15, 0.2) is 0 Å². The molecule has 2 aliphatic rings. The van der Waals surface area contributed by atoms with Crippen molar-refractivity contribution < 1.29 is 9.53 Å². The maximum absolute atomic E-state index is 11.9. The van der Waals surface area contributed by atoms with Gasteiger partial charge in [0.2, 0.25) is 5.91 Å². The molecule has 1 aliphatic heterocycles. The van der Waals surface area contributed by atoms with Crippen molar-refractivity contribution in [2.24, 2.45) is 5.41 Å². The van der Waals surface area contributed by atoms with E-state index in [0.29, 0.717) is 12.0 Å². The van der Waals surface area contributed by atoms with Gasteiger partial charge in [0, 0.05) is 20.3 Å². The predicted octanol–water partition coefficient (Wildman–Crippen LogP) is 1.36. The Bertz CT molecular complexity index is 277. The predicted molar refractivity (Wildman–Crippen MR) is 66.6 cm³/mol. The summed E-state index contributed by atoms with van der Waals surface area (Å²) < 4.78 is 5.16. The van der Waals surface area contributed by atoms with E-state index in [1.807, 2.05) is 0 Å². The maximum atomic E-state index is 11.9. The number of rotatable bonds is 7. The molecule has 1 saturated heterocycles. The molecule has 1 aliphatic carbocycles. The van der Waals surface area contributed by atoms with Gasteiger partial charge in [-0.1, -0.05) is 13.3 Å². The second-order valence-corrected chi connectivity index (χ2v) is 5.45. The number of nitrogens with one attached hydrogen (secondary N) is 1. The van der Waals surface area contributed by atoms with Crippen LogP contribution in [0, 0.1) is 5.41 Å². The molecule has 0 aromatic carbocycles. The molecule has 1 N–H and O–H groups in total. The van der Waals surface area contributed by atoms with Crippen molar-refractivity contribution in [1.29, 1.82) is 0 Å². The Morgan fingerprint density at radius 1 is 1.53 bits per heavy atom. The Morgan fingerprint density at radius 3 is 2.88 bits per heavy atom. The molecule has 1 atom stereocenters. The summed E-state index contributed by atoms with van der Waals surface area (Å²) in [5, 5.41) is 3.31. The molecule has 2 rings (SSSR count). The number of carbonyl (C=O) groups is 1. The summed E-state index contributed by atoms with van der Waals surface area (Å²) in [7, 11) is 1.75. The van der Waals surface area contributed by atoms with Gasteiger partial charge in [-0.3, -0.25) is 10.1 Å². The van der Waals surface area contributed by atoms with Crippen molar-refractivity contribution in [3.05, 3.63) is 0 Å². The lowest BCUT2D eigenvalue weighted by Gasteiger charge is -2.28. The van der Waals surface area contributed by atoms with Gasteiger partial charge in [-0.25, -0.2) is 0 Å². The first kappa shape index (κ1) is 12.8. The lowest BCUT2D eigenvalue weighted by molar-refractivity contribution is -0.129. The molecule has 0 aromatic heterocycles. The Balaban J connectivity index is 1.89. The molecule has 0 spiro atoms. The second-order valence-electron chi connectivity index (χ2n) is 5.45. The standard InChI is InChI=1S/C13H24N2O2/c1-3-4-11-14-9-12(16)15(11)10-13(5-6-13)7-8-17-2/h11,14H,3-10H2,1-2H3. The number of hydrogen-bond donors (Lipinski definition) is 1. The largest absolute Gasteiger partial charge is 0.385 e. The van der Waals surface area contributed by atoms with Gasteiger partial charge in [0.1, 0.15) is 0 Å². The first-order valence-electron chi connectivity index (χ1n) is 6.72. The fraction of sp³-hybridized carbons (Fsp3) is 0.923. The lowest BCUT2D eigenvalue weighted by atomic mass is 10.0. The van der Waals surface area contributed by atoms with Crippen molar-refractivity contribution in [2.45, 2.75) is 45.2 Å². The number of amides is 1. The van der Waals surface area contributed by atoms with E-state index in [1.54, 1.807) is 7.11 Å². The molecule has 4 heteroatoms. The van der Waals surface area contributed by atoms with E-state index in [0.717, 1.165) is 32.4 Å². The van der Waals surface area contributed by atoms with Crippen LogP contribution in [-0.2, 0) is 9.53 Å². The topological polar surface area (TPSA) is 41.6 Å². The second kappa shape index (κ2) is 5.36. The summed E-state index contributed by atoms with van der Waals surface area (Å²) in [6, 6.07) is 0. The van der Waals surface area contributed by atoms with Crippen LogP contribution in [0.5, 0.6) is 0 Å². The van der Waals surface area contributed by atoms with E-state index in [1.165, 1.54) is 12.8 Å². The average molecular weight is 240 g/mol. The minimum atomic E-state index is 0.271. The quantitative estimate of drug-likeness (QED) is 0.730. The fourth-order valence-corrected chi connectivity index (χ4v) is 2.66. The number of nitrogens with zero attached hydrogens (tertiary/aromatic N) is 1. The van der Waals surface area contributed by atoms with Crippen LogP contribution >= 0.6 is 0 Å². The van der Waals surface area contributed by atoms with Gasteiger partial charge < -0.3 is 9.64 Å². The van der Waals surface area contributed by atoms with Gasteiger partial charge in [0.25, 0.3) is 0 Å². The van der Waals surface area contributed by atoms with E-state index >= 15 is 0 Å². The Kier molecular flexibility index (Phi) is 4.05. The Hall–Kier alpha value is -0.610. The molecule has 4 nitrogen and oxygen atoms in total.